The van der Waals surface area contributed by atoms with E-state index in [9.17, 15) is 0 Å². The van der Waals surface area contributed by atoms with Crippen LogP contribution < -0.4 is 0 Å². The van der Waals surface area contributed by atoms with Gasteiger partial charge in [0.1, 0.15) is 0 Å². The first-order valence-electron chi connectivity index (χ1n) is 29.7. The van der Waals surface area contributed by atoms with Gasteiger partial charge < -0.3 is 0 Å². The van der Waals surface area contributed by atoms with Gasteiger partial charge in [-0.1, -0.05) is 280 Å². The van der Waals surface area contributed by atoms with Crippen molar-refractivity contribution < 1.29 is 0 Å². The molecule has 2 aliphatic heterocycles. The summed E-state index contributed by atoms with van der Waals surface area (Å²) in [6, 6.07) is 106. The highest BCUT2D eigenvalue weighted by Crippen LogP contribution is 2.57. The van der Waals surface area contributed by atoms with E-state index < -0.39 is 26.9 Å². The number of hydrogen-bond acceptors (Lipinski definition) is 4. The third-order valence-corrected chi connectivity index (χ3v) is 24.5. The SMILES string of the molecule is C[Si]1=C(c2ccc(-c3ccccc3)cn2)C(c2ccccc2)=C(c2ccccc2)C1(CCC1(c2ccc(-c3ccccc3)cn2)C(c2ccccc2)=C(c2ccccc2)C(c2ccc(-c3ccccc3)cn2)=[Si]1C)c1ccc(-c2ccccc2)cn1. The van der Waals surface area contributed by atoms with E-state index in [-0.39, 0.29) is 0 Å². The molecule has 2 aliphatic rings. The van der Waals surface area contributed by atoms with Crippen LogP contribution in [-0.2, 0) is 10.1 Å². The maximum atomic E-state index is 5.81. The first-order valence-corrected chi connectivity index (χ1v) is 33.7. The average Bonchev–Trinajstić information content (AvgIpc) is 1.56. The first-order chi connectivity index (χ1) is 42.5. The predicted molar refractivity (Wildman–Crippen MR) is 362 cm³/mol. The van der Waals surface area contributed by atoms with Gasteiger partial charge in [-0.25, -0.2) is 0 Å². The molecule has 0 amide bonds. The molecule has 86 heavy (non-hydrogen) atoms. The van der Waals surface area contributed by atoms with Crippen molar-refractivity contribution in [2.45, 2.75) is 36.0 Å². The Hall–Kier alpha value is -9.99. The number of benzene rings is 8. The molecule has 2 unspecified atom stereocenters. The third kappa shape index (κ3) is 9.76. The van der Waals surface area contributed by atoms with Crippen LogP contribution in [0.15, 0.2) is 316 Å². The molecule has 4 nitrogen and oxygen atoms in total. The molecule has 12 aromatic rings. The van der Waals surface area contributed by atoms with Crippen molar-refractivity contribution in [2.24, 2.45) is 0 Å². The lowest BCUT2D eigenvalue weighted by Gasteiger charge is -2.41. The van der Waals surface area contributed by atoms with E-state index in [4.69, 9.17) is 19.9 Å². The van der Waals surface area contributed by atoms with Gasteiger partial charge in [-0.3, -0.25) is 19.9 Å². The Morgan fingerprint density at radius 1 is 0.244 bits per heavy atom. The number of pyridine rings is 4. The summed E-state index contributed by atoms with van der Waals surface area (Å²) >= 11 is 0. The van der Waals surface area contributed by atoms with Crippen molar-refractivity contribution in [3.05, 3.63) is 361 Å². The van der Waals surface area contributed by atoms with Gasteiger partial charge in [-0.05, 0) is 114 Å². The number of nitrogens with zero attached hydrogens (tertiary/aromatic N) is 4. The van der Waals surface area contributed by atoms with E-state index in [1.807, 2.05) is 0 Å². The van der Waals surface area contributed by atoms with E-state index in [1.165, 1.54) is 54.9 Å². The molecule has 2 atom stereocenters. The zero-order valence-electron chi connectivity index (χ0n) is 48.2. The molecule has 4 aromatic heterocycles. The topological polar surface area (TPSA) is 51.6 Å². The monoisotopic (exact) mass is 1130 g/mol. The smallest absolute Gasteiger partial charge is 0.0661 e. The molecular weight excluding hydrogens is 1070 g/mol. The highest BCUT2D eigenvalue weighted by molar-refractivity contribution is 6.88. The lowest BCUT2D eigenvalue weighted by molar-refractivity contribution is 0.550. The molecule has 0 saturated heterocycles. The zero-order chi connectivity index (χ0) is 57.9. The molecule has 8 aromatic carbocycles. The molecule has 6 heterocycles. The quantitative estimate of drug-likeness (QED) is 0.0960. The highest BCUT2D eigenvalue weighted by atomic mass is 28.2. The van der Waals surface area contributed by atoms with Crippen LogP contribution in [0.1, 0.15) is 57.9 Å². The molecule has 0 aliphatic carbocycles. The van der Waals surface area contributed by atoms with Crippen LogP contribution in [0.3, 0.4) is 0 Å². The van der Waals surface area contributed by atoms with Gasteiger partial charge in [-0.2, -0.15) is 0 Å². The Morgan fingerprint density at radius 2 is 0.488 bits per heavy atom. The number of allylic oxidation sites excluding steroid dienone is 4. The van der Waals surface area contributed by atoms with Crippen molar-refractivity contribution >= 4 is 49.4 Å². The van der Waals surface area contributed by atoms with E-state index in [0.29, 0.717) is 0 Å². The maximum Gasteiger partial charge on any atom is 0.0661 e. The number of rotatable bonds is 15. The highest BCUT2D eigenvalue weighted by Gasteiger charge is 2.54. The summed E-state index contributed by atoms with van der Waals surface area (Å²) in [5.41, 5.74) is 22.9. The second-order valence-corrected chi connectivity index (χ2v) is 27.7. The van der Waals surface area contributed by atoms with Gasteiger partial charge in [0, 0.05) is 73.9 Å². The lowest BCUT2D eigenvalue weighted by Crippen LogP contribution is -2.44. The van der Waals surface area contributed by atoms with Gasteiger partial charge >= 0.3 is 0 Å². The Morgan fingerprint density at radius 3 is 0.733 bits per heavy atom. The molecule has 0 radical (unpaired) electrons. The molecule has 6 heteroatoms. The molecule has 0 bridgehead atoms. The second kappa shape index (κ2) is 23.6. The lowest BCUT2D eigenvalue weighted by atomic mass is 9.74. The van der Waals surface area contributed by atoms with Crippen LogP contribution in [0.25, 0.3) is 66.8 Å². The fourth-order valence-corrected chi connectivity index (χ4v) is 20.3. The summed E-state index contributed by atoms with van der Waals surface area (Å²) in [5, 5.41) is 1.35. The van der Waals surface area contributed by atoms with E-state index >= 15 is 0 Å². The third-order valence-electron chi connectivity index (χ3n) is 17.9. The molecule has 0 fully saturated rings. The summed E-state index contributed by atoms with van der Waals surface area (Å²) in [4.78, 5) is 22.7. The standard InChI is InChI=1S/C80H62N4Si2/c1-85-77(69-47-43-65(53-81-69)57-27-11-3-12-28-57)73(61-35-19-7-20-36-61)75(63-39-23-9-24-40-63)79(85,71-49-45-67(55-83-71)59-31-15-5-16-32-59)51-52-80(72-50-46-68(56-84-72)60-33-17-6-18-34-60)76(64-41-25-10-26-42-64)74(62-37-21-8-22-38-62)78(86(80)2)70-48-44-66(54-82-70)58-29-13-4-14-30-58/h3-50,53-56H,51-52H2,1-2H3. The Bertz CT molecular complexity index is 4190. The minimum absolute atomic E-state index is 0.631. The summed E-state index contributed by atoms with van der Waals surface area (Å²) in [7, 11) is -3.54. The van der Waals surface area contributed by atoms with Crippen molar-refractivity contribution in [3.8, 4) is 44.5 Å². The zero-order valence-corrected chi connectivity index (χ0v) is 50.2. The molecule has 0 saturated carbocycles. The molecule has 14 rings (SSSR count). The predicted octanol–water partition coefficient (Wildman–Crippen LogP) is 18.1. The normalized spacial score (nSPS) is 16.7. The average molecular weight is 1140 g/mol. The minimum Gasteiger partial charge on any atom is -0.260 e. The minimum atomic E-state index is -1.77. The van der Waals surface area contributed by atoms with Gasteiger partial charge in [0.15, 0.2) is 0 Å². The van der Waals surface area contributed by atoms with Crippen molar-refractivity contribution in [3.63, 3.8) is 0 Å². The van der Waals surface area contributed by atoms with Gasteiger partial charge in [0.25, 0.3) is 0 Å². The van der Waals surface area contributed by atoms with Crippen LogP contribution in [0, 0.1) is 0 Å². The van der Waals surface area contributed by atoms with Gasteiger partial charge in [0.2, 0.25) is 0 Å². The second-order valence-electron chi connectivity index (χ2n) is 22.5. The number of aromatic nitrogens is 4. The first kappa shape index (κ1) is 54.0. The van der Waals surface area contributed by atoms with E-state index in [0.717, 1.165) is 80.1 Å². The summed E-state index contributed by atoms with van der Waals surface area (Å²) in [6.07, 6.45) is 9.90. The van der Waals surface area contributed by atoms with Crippen molar-refractivity contribution in [1.82, 2.24) is 19.9 Å². The Kier molecular flexibility index (Phi) is 14.8. The Labute approximate surface area is 507 Å². The van der Waals surface area contributed by atoms with Crippen molar-refractivity contribution in [2.75, 3.05) is 0 Å². The molecule has 0 N–H and O–H groups in total. The fraction of sp³-hybridized carbons (Fsp3) is 0.0750. The Balaban J connectivity index is 1.08. The van der Waals surface area contributed by atoms with Crippen LogP contribution in [0.2, 0.25) is 13.1 Å². The largest absolute Gasteiger partial charge is 0.260 e. The van der Waals surface area contributed by atoms with Crippen LogP contribution in [0.5, 0.6) is 0 Å². The van der Waals surface area contributed by atoms with Crippen LogP contribution in [0.4, 0.5) is 0 Å². The fourth-order valence-electron chi connectivity index (χ4n) is 13.8. The summed E-state index contributed by atoms with van der Waals surface area (Å²) in [6.45, 7) is 5.12. The molecular formula is C80H62N4Si2. The van der Waals surface area contributed by atoms with Gasteiger partial charge in [0.05, 0.1) is 22.8 Å². The van der Waals surface area contributed by atoms with E-state index in [1.54, 1.807) is 0 Å². The number of hydrogen-bond donors (Lipinski definition) is 0. The van der Waals surface area contributed by atoms with Crippen LogP contribution in [-0.4, -0.2) is 47.1 Å². The van der Waals surface area contributed by atoms with Crippen LogP contribution >= 0.6 is 0 Å². The summed E-state index contributed by atoms with van der Waals surface area (Å²) in [5.74, 6) is 0. The maximum absolute atomic E-state index is 5.81. The summed E-state index contributed by atoms with van der Waals surface area (Å²) < 4.78 is 0. The van der Waals surface area contributed by atoms with E-state index in [2.05, 4.69) is 329 Å². The molecule has 0 spiro atoms. The van der Waals surface area contributed by atoms with Crippen molar-refractivity contribution in [1.29, 1.82) is 0 Å². The van der Waals surface area contributed by atoms with Gasteiger partial charge in [-0.15, -0.1) is 0 Å². The molecule has 410 valence electrons.